The van der Waals surface area contributed by atoms with E-state index >= 15 is 0 Å². The van der Waals surface area contributed by atoms with Crippen molar-refractivity contribution in [3.8, 4) is 0 Å². The maximum atomic E-state index is 12.3. The molecule has 0 aliphatic carbocycles. The standard InChI is InChI=1S/C11H13F2N5O3S/c12-11(13)22-1-4-6(19)7(20)10(21-4)18-3-17-5-8(14)15-2-16-9(5)18/h2-4,6-7,10-11,19-20H,1H2,(H2,14,15,16). The fraction of sp³-hybridized carbons (Fsp3) is 0.545. The molecule has 3 heterocycles. The van der Waals surface area contributed by atoms with Crippen LogP contribution >= 0.6 is 11.8 Å². The second-order valence-electron chi connectivity index (χ2n) is 4.72. The highest BCUT2D eigenvalue weighted by Gasteiger charge is 2.44. The van der Waals surface area contributed by atoms with Gasteiger partial charge in [0.05, 0.1) is 12.4 Å². The molecule has 2 aromatic rings. The van der Waals surface area contributed by atoms with Gasteiger partial charge in [-0.3, -0.25) is 4.57 Å². The first kappa shape index (κ1) is 15.3. The number of aromatic nitrogens is 4. The van der Waals surface area contributed by atoms with Crippen LogP contribution in [-0.4, -0.2) is 59.6 Å². The smallest absolute Gasteiger partial charge is 0.284 e. The van der Waals surface area contributed by atoms with Gasteiger partial charge in [-0.05, 0) is 0 Å². The number of rotatable bonds is 4. The van der Waals surface area contributed by atoms with Crippen molar-refractivity contribution >= 4 is 28.7 Å². The van der Waals surface area contributed by atoms with Crippen molar-refractivity contribution in [1.29, 1.82) is 0 Å². The highest BCUT2D eigenvalue weighted by atomic mass is 32.2. The van der Waals surface area contributed by atoms with Crippen LogP contribution in [0.2, 0.25) is 0 Å². The van der Waals surface area contributed by atoms with Crippen LogP contribution in [0.3, 0.4) is 0 Å². The predicted molar refractivity (Wildman–Crippen MR) is 74.1 cm³/mol. The van der Waals surface area contributed by atoms with E-state index in [-0.39, 0.29) is 11.6 Å². The molecule has 8 nitrogen and oxygen atoms in total. The Morgan fingerprint density at radius 1 is 1.32 bits per heavy atom. The summed E-state index contributed by atoms with van der Waals surface area (Å²) >= 11 is 0.340. The van der Waals surface area contributed by atoms with E-state index in [0.717, 1.165) is 0 Å². The van der Waals surface area contributed by atoms with Crippen LogP contribution in [-0.2, 0) is 4.74 Å². The van der Waals surface area contributed by atoms with Crippen molar-refractivity contribution in [2.75, 3.05) is 11.5 Å². The molecule has 0 saturated carbocycles. The maximum absolute atomic E-state index is 12.3. The second kappa shape index (κ2) is 5.91. The summed E-state index contributed by atoms with van der Waals surface area (Å²) in [6.45, 7) is 0. The molecular weight excluding hydrogens is 320 g/mol. The lowest BCUT2D eigenvalue weighted by atomic mass is 10.1. The van der Waals surface area contributed by atoms with Gasteiger partial charge >= 0.3 is 0 Å². The third-order valence-electron chi connectivity index (χ3n) is 3.38. The number of thioether (sulfide) groups is 1. The zero-order valence-electron chi connectivity index (χ0n) is 11.1. The average Bonchev–Trinajstić information content (AvgIpc) is 3.01. The Morgan fingerprint density at radius 3 is 2.82 bits per heavy atom. The summed E-state index contributed by atoms with van der Waals surface area (Å²) in [4.78, 5) is 11.8. The molecule has 1 aliphatic rings. The highest BCUT2D eigenvalue weighted by Crippen LogP contribution is 2.34. The summed E-state index contributed by atoms with van der Waals surface area (Å²) < 4.78 is 31.4. The van der Waals surface area contributed by atoms with Gasteiger partial charge in [0, 0.05) is 5.75 Å². The van der Waals surface area contributed by atoms with Crippen LogP contribution in [0.4, 0.5) is 14.6 Å². The summed E-state index contributed by atoms with van der Waals surface area (Å²) in [6, 6.07) is 0. The molecule has 120 valence electrons. The molecule has 0 spiro atoms. The molecule has 0 amide bonds. The molecule has 4 atom stereocenters. The van der Waals surface area contributed by atoms with E-state index in [1.54, 1.807) is 0 Å². The molecule has 22 heavy (non-hydrogen) atoms. The van der Waals surface area contributed by atoms with Crippen molar-refractivity contribution in [1.82, 2.24) is 19.5 Å². The highest BCUT2D eigenvalue weighted by molar-refractivity contribution is 7.99. The number of ether oxygens (including phenoxy) is 1. The van der Waals surface area contributed by atoms with Crippen molar-refractivity contribution < 1.29 is 23.7 Å². The topological polar surface area (TPSA) is 119 Å². The number of nitrogens with zero attached hydrogens (tertiary/aromatic N) is 4. The molecule has 11 heteroatoms. The molecule has 0 aromatic carbocycles. The van der Waals surface area contributed by atoms with E-state index in [2.05, 4.69) is 15.0 Å². The molecule has 1 fully saturated rings. The summed E-state index contributed by atoms with van der Waals surface area (Å²) in [5.41, 5.74) is 6.33. The number of fused-ring (bicyclic) bond motifs is 1. The quantitative estimate of drug-likeness (QED) is 0.714. The minimum Gasteiger partial charge on any atom is -0.387 e. The van der Waals surface area contributed by atoms with Crippen LogP contribution in [0.5, 0.6) is 0 Å². The molecule has 1 saturated heterocycles. The van der Waals surface area contributed by atoms with E-state index < -0.39 is 30.3 Å². The number of halogens is 2. The normalized spacial score (nSPS) is 28.8. The molecule has 4 unspecified atom stereocenters. The van der Waals surface area contributed by atoms with Gasteiger partial charge in [0.15, 0.2) is 17.7 Å². The summed E-state index contributed by atoms with van der Waals surface area (Å²) in [5.74, 6) is -2.55. The Kier molecular flexibility index (Phi) is 4.12. The molecule has 3 rings (SSSR count). The first-order valence-corrected chi connectivity index (χ1v) is 7.38. The van der Waals surface area contributed by atoms with Gasteiger partial charge in [0.25, 0.3) is 5.76 Å². The molecule has 0 radical (unpaired) electrons. The monoisotopic (exact) mass is 333 g/mol. The van der Waals surface area contributed by atoms with Gasteiger partial charge in [-0.2, -0.15) is 8.78 Å². The van der Waals surface area contributed by atoms with Crippen LogP contribution in [0.25, 0.3) is 11.2 Å². The van der Waals surface area contributed by atoms with Crippen LogP contribution in [0.1, 0.15) is 6.23 Å². The number of imidazole rings is 1. The van der Waals surface area contributed by atoms with Crippen LogP contribution in [0.15, 0.2) is 12.7 Å². The van der Waals surface area contributed by atoms with Gasteiger partial charge in [-0.15, -0.1) is 0 Å². The molecule has 1 aliphatic heterocycles. The van der Waals surface area contributed by atoms with Gasteiger partial charge in [0.1, 0.15) is 24.1 Å². The van der Waals surface area contributed by atoms with Crippen molar-refractivity contribution in [3.63, 3.8) is 0 Å². The summed E-state index contributed by atoms with van der Waals surface area (Å²) in [7, 11) is 0. The van der Waals surface area contributed by atoms with Gasteiger partial charge < -0.3 is 20.7 Å². The SMILES string of the molecule is Nc1ncnc2c1ncn2C1OC(CSC(F)F)C(O)C1O. The molecule has 4 N–H and O–H groups in total. The lowest BCUT2D eigenvalue weighted by Gasteiger charge is -2.16. The minimum atomic E-state index is -2.58. The van der Waals surface area contributed by atoms with E-state index in [4.69, 9.17) is 10.5 Å². The van der Waals surface area contributed by atoms with Crippen molar-refractivity contribution in [2.24, 2.45) is 0 Å². The van der Waals surface area contributed by atoms with Crippen LogP contribution in [0, 0.1) is 0 Å². The number of alkyl halides is 2. The Hall–Kier alpha value is -1.56. The van der Waals surface area contributed by atoms with Gasteiger partial charge in [0.2, 0.25) is 0 Å². The molecule has 0 bridgehead atoms. The van der Waals surface area contributed by atoms with Crippen molar-refractivity contribution in [3.05, 3.63) is 12.7 Å². The fourth-order valence-electron chi connectivity index (χ4n) is 2.32. The van der Waals surface area contributed by atoms with Gasteiger partial charge in [-0.1, -0.05) is 11.8 Å². The number of anilines is 1. The average molecular weight is 333 g/mol. The zero-order valence-corrected chi connectivity index (χ0v) is 11.9. The second-order valence-corrected chi connectivity index (χ2v) is 5.75. The van der Waals surface area contributed by atoms with E-state index in [9.17, 15) is 19.0 Å². The first-order valence-electron chi connectivity index (χ1n) is 6.33. The number of hydrogen-bond donors (Lipinski definition) is 3. The fourth-order valence-corrected chi connectivity index (χ4v) is 2.93. The number of aliphatic hydroxyl groups is 2. The molecular formula is C11H13F2N5O3S. The van der Waals surface area contributed by atoms with Gasteiger partial charge in [-0.25, -0.2) is 15.0 Å². The first-order chi connectivity index (χ1) is 10.5. The largest absolute Gasteiger partial charge is 0.387 e. The maximum Gasteiger partial charge on any atom is 0.284 e. The Balaban J connectivity index is 1.86. The Morgan fingerprint density at radius 2 is 2.09 bits per heavy atom. The predicted octanol–water partition coefficient (Wildman–Crippen LogP) is -0.0165. The van der Waals surface area contributed by atoms with E-state index in [1.165, 1.54) is 17.2 Å². The Bertz CT molecular complexity index is 672. The third kappa shape index (κ3) is 2.60. The summed E-state index contributed by atoms with van der Waals surface area (Å²) in [6.07, 6.45) is -1.91. The number of nitrogens with two attached hydrogens (primary N) is 1. The lowest BCUT2D eigenvalue weighted by Crippen LogP contribution is -2.32. The molecule has 2 aromatic heterocycles. The Labute approximate surface area is 127 Å². The van der Waals surface area contributed by atoms with Crippen LogP contribution < -0.4 is 5.73 Å². The zero-order chi connectivity index (χ0) is 15.9. The third-order valence-corrected chi connectivity index (χ3v) is 4.16. The number of nitrogen functional groups attached to an aromatic ring is 1. The summed E-state index contributed by atoms with van der Waals surface area (Å²) in [5, 5.41) is 20.0. The lowest BCUT2D eigenvalue weighted by molar-refractivity contribution is -0.0290. The minimum absolute atomic E-state index is 0.143. The van der Waals surface area contributed by atoms with Crippen molar-refractivity contribution in [2.45, 2.75) is 30.3 Å². The van der Waals surface area contributed by atoms with E-state index in [1.807, 2.05) is 0 Å². The van der Waals surface area contributed by atoms with E-state index in [0.29, 0.717) is 22.9 Å². The number of aliphatic hydroxyl groups excluding tert-OH is 2. The number of hydrogen-bond acceptors (Lipinski definition) is 8.